The number of aryl methyl sites for hydroxylation is 1. The molecular formula is C11H15BrN2O3. The summed E-state index contributed by atoms with van der Waals surface area (Å²) in [5.74, 6) is 0. The molecule has 1 aromatic heterocycles. The van der Waals surface area contributed by atoms with Gasteiger partial charge in [0.05, 0.1) is 10.2 Å². The van der Waals surface area contributed by atoms with E-state index in [4.69, 9.17) is 4.74 Å². The number of ether oxygens (including phenoxy) is 1. The summed E-state index contributed by atoms with van der Waals surface area (Å²) in [6, 6.07) is 1.54. The first-order chi connectivity index (χ1) is 7.69. The van der Waals surface area contributed by atoms with Crippen LogP contribution in [0.25, 0.3) is 0 Å². The number of halogens is 1. The van der Waals surface area contributed by atoms with Crippen molar-refractivity contribution in [2.45, 2.75) is 33.3 Å². The minimum absolute atomic E-state index is 0.239. The number of anilines is 1. The van der Waals surface area contributed by atoms with Crippen molar-refractivity contribution >= 4 is 27.7 Å². The predicted molar refractivity (Wildman–Crippen MR) is 69.4 cm³/mol. The zero-order chi connectivity index (χ0) is 13.2. The van der Waals surface area contributed by atoms with E-state index in [0.717, 1.165) is 0 Å². The highest BCUT2D eigenvalue weighted by Crippen LogP contribution is 2.16. The number of amides is 1. The molecule has 1 aromatic rings. The molecule has 0 atom stereocenters. The van der Waals surface area contributed by atoms with Crippen molar-refractivity contribution in [3.8, 4) is 0 Å². The number of aromatic nitrogens is 1. The Hall–Kier alpha value is -1.30. The first-order valence-electron chi connectivity index (χ1n) is 5.08. The highest BCUT2D eigenvalue weighted by atomic mass is 79.9. The molecule has 0 bridgehead atoms. The number of nitrogens with one attached hydrogen (secondary N) is 2. The molecular weight excluding hydrogens is 288 g/mol. The van der Waals surface area contributed by atoms with Gasteiger partial charge >= 0.3 is 6.09 Å². The van der Waals surface area contributed by atoms with E-state index >= 15 is 0 Å². The second kappa shape index (κ2) is 4.91. The standard InChI is InChI=1S/C11H15BrN2O3/c1-6-8(5-7(12)9(15)13-6)14-10(16)17-11(2,3)4/h5H,1-4H3,(H,13,15)(H,14,16). The Morgan fingerprint density at radius 3 is 2.59 bits per heavy atom. The molecule has 2 N–H and O–H groups in total. The number of carbonyl (C=O) groups excluding carboxylic acids is 1. The number of carbonyl (C=O) groups is 1. The normalized spacial score (nSPS) is 11.1. The molecule has 17 heavy (non-hydrogen) atoms. The topological polar surface area (TPSA) is 71.2 Å². The van der Waals surface area contributed by atoms with Crippen LogP contribution >= 0.6 is 15.9 Å². The van der Waals surface area contributed by atoms with Crippen LogP contribution in [0.5, 0.6) is 0 Å². The summed E-state index contributed by atoms with van der Waals surface area (Å²) in [5.41, 5.74) is 0.282. The van der Waals surface area contributed by atoms with Crippen LogP contribution in [0.4, 0.5) is 10.5 Å². The van der Waals surface area contributed by atoms with E-state index in [1.54, 1.807) is 27.7 Å². The monoisotopic (exact) mass is 302 g/mol. The van der Waals surface area contributed by atoms with E-state index in [0.29, 0.717) is 15.9 Å². The van der Waals surface area contributed by atoms with E-state index in [1.807, 2.05) is 0 Å². The molecule has 0 aliphatic heterocycles. The summed E-state index contributed by atoms with van der Waals surface area (Å²) in [6.45, 7) is 7.03. The molecule has 0 spiro atoms. The number of hydrogen-bond donors (Lipinski definition) is 2. The van der Waals surface area contributed by atoms with Gasteiger partial charge in [0.25, 0.3) is 5.56 Å². The maximum absolute atomic E-state index is 11.5. The van der Waals surface area contributed by atoms with Gasteiger partial charge in [-0.15, -0.1) is 0 Å². The molecule has 6 heteroatoms. The zero-order valence-corrected chi connectivity index (χ0v) is 11.8. The van der Waals surface area contributed by atoms with Crippen molar-refractivity contribution in [3.63, 3.8) is 0 Å². The summed E-state index contributed by atoms with van der Waals surface area (Å²) < 4.78 is 5.47. The minimum atomic E-state index is -0.558. The third-order valence-electron chi connectivity index (χ3n) is 1.83. The van der Waals surface area contributed by atoms with Gasteiger partial charge in [0, 0.05) is 5.69 Å². The van der Waals surface area contributed by atoms with Crippen molar-refractivity contribution < 1.29 is 9.53 Å². The Morgan fingerprint density at radius 2 is 2.06 bits per heavy atom. The van der Waals surface area contributed by atoms with Gasteiger partial charge < -0.3 is 9.72 Å². The highest BCUT2D eigenvalue weighted by Gasteiger charge is 2.17. The van der Waals surface area contributed by atoms with Gasteiger partial charge in [0.15, 0.2) is 0 Å². The van der Waals surface area contributed by atoms with E-state index in [2.05, 4.69) is 26.2 Å². The molecule has 0 aliphatic carbocycles. The predicted octanol–water partition coefficient (Wildman–Crippen LogP) is 2.79. The van der Waals surface area contributed by atoms with E-state index < -0.39 is 11.7 Å². The molecule has 0 saturated heterocycles. The fourth-order valence-electron chi connectivity index (χ4n) is 1.14. The number of rotatable bonds is 1. The summed E-state index contributed by atoms with van der Waals surface area (Å²) >= 11 is 3.10. The molecule has 0 saturated carbocycles. The molecule has 5 nitrogen and oxygen atoms in total. The third kappa shape index (κ3) is 4.22. The maximum atomic E-state index is 11.5. The molecule has 0 unspecified atom stereocenters. The lowest BCUT2D eigenvalue weighted by atomic mass is 10.2. The van der Waals surface area contributed by atoms with E-state index in [9.17, 15) is 9.59 Å². The Bertz CT molecular complexity index is 488. The minimum Gasteiger partial charge on any atom is -0.444 e. The lowest BCUT2D eigenvalue weighted by molar-refractivity contribution is 0.0635. The SMILES string of the molecule is Cc1[nH]c(=O)c(Br)cc1NC(=O)OC(C)(C)C. The van der Waals surface area contributed by atoms with Crippen molar-refractivity contribution in [2.75, 3.05) is 5.32 Å². The van der Waals surface area contributed by atoms with Crippen molar-refractivity contribution in [3.05, 3.63) is 26.6 Å². The van der Waals surface area contributed by atoms with Crippen molar-refractivity contribution in [1.29, 1.82) is 0 Å². The molecule has 94 valence electrons. The van der Waals surface area contributed by atoms with Crippen molar-refractivity contribution in [2.24, 2.45) is 0 Å². The fraction of sp³-hybridized carbons (Fsp3) is 0.455. The van der Waals surface area contributed by atoms with E-state index in [-0.39, 0.29) is 5.56 Å². The molecule has 0 fully saturated rings. The third-order valence-corrected chi connectivity index (χ3v) is 2.42. The van der Waals surface area contributed by atoms with Gasteiger partial charge in [0.2, 0.25) is 0 Å². The van der Waals surface area contributed by atoms with Crippen LogP contribution in [-0.4, -0.2) is 16.7 Å². The molecule has 1 amide bonds. The van der Waals surface area contributed by atoms with Crippen molar-refractivity contribution in [1.82, 2.24) is 4.98 Å². The second-order valence-corrected chi connectivity index (χ2v) is 5.47. The van der Waals surface area contributed by atoms with Crippen LogP contribution in [0.15, 0.2) is 15.3 Å². The van der Waals surface area contributed by atoms with Crippen LogP contribution in [-0.2, 0) is 4.74 Å². The summed E-state index contributed by atoms with van der Waals surface area (Å²) in [4.78, 5) is 25.4. The molecule has 1 rings (SSSR count). The number of aromatic amines is 1. The Morgan fingerprint density at radius 1 is 1.47 bits per heavy atom. The lowest BCUT2D eigenvalue weighted by Gasteiger charge is -2.20. The summed E-state index contributed by atoms with van der Waals surface area (Å²) in [6.07, 6.45) is -0.556. The van der Waals surface area contributed by atoms with Gasteiger partial charge in [-0.3, -0.25) is 10.1 Å². The highest BCUT2D eigenvalue weighted by molar-refractivity contribution is 9.10. The van der Waals surface area contributed by atoms with Gasteiger partial charge in [-0.05, 0) is 49.7 Å². The lowest BCUT2D eigenvalue weighted by Crippen LogP contribution is -2.27. The Balaban J connectivity index is 2.86. The Kier molecular flexibility index (Phi) is 3.98. The van der Waals surface area contributed by atoms with Gasteiger partial charge in [-0.1, -0.05) is 0 Å². The van der Waals surface area contributed by atoms with Gasteiger partial charge in [-0.2, -0.15) is 0 Å². The Labute approximate surface area is 108 Å². The van der Waals surface area contributed by atoms with Gasteiger partial charge in [-0.25, -0.2) is 4.79 Å². The first kappa shape index (κ1) is 13.8. The molecule has 1 heterocycles. The first-order valence-corrected chi connectivity index (χ1v) is 5.88. The smallest absolute Gasteiger partial charge is 0.412 e. The number of H-pyrrole nitrogens is 1. The van der Waals surface area contributed by atoms with Crippen LogP contribution < -0.4 is 10.9 Å². The fourth-order valence-corrected chi connectivity index (χ4v) is 1.47. The largest absolute Gasteiger partial charge is 0.444 e. The van der Waals surface area contributed by atoms with Gasteiger partial charge in [0.1, 0.15) is 5.60 Å². The molecule has 0 aliphatic rings. The maximum Gasteiger partial charge on any atom is 0.412 e. The van der Waals surface area contributed by atoms with Crippen LogP contribution in [0.2, 0.25) is 0 Å². The average Bonchev–Trinajstić information content (AvgIpc) is 2.11. The summed E-state index contributed by atoms with van der Waals surface area (Å²) in [5, 5.41) is 2.57. The van der Waals surface area contributed by atoms with Crippen LogP contribution in [0.3, 0.4) is 0 Å². The van der Waals surface area contributed by atoms with Crippen LogP contribution in [0.1, 0.15) is 26.5 Å². The quantitative estimate of drug-likeness (QED) is 0.838. The zero-order valence-electron chi connectivity index (χ0n) is 10.2. The number of pyridine rings is 1. The number of hydrogen-bond acceptors (Lipinski definition) is 3. The van der Waals surface area contributed by atoms with E-state index in [1.165, 1.54) is 6.07 Å². The molecule has 0 radical (unpaired) electrons. The van der Waals surface area contributed by atoms with Crippen LogP contribution in [0, 0.1) is 6.92 Å². The second-order valence-electron chi connectivity index (χ2n) is 4.61. The molecule has 0 aromatic carbocycles. The summed E-state index contributed by atoms with van der Waals surface area (Å²) in [7, 11) is 0. The average molecular weight is 303 g/mol.